The van der Waals surface area contributed by atoms with Crippen LogP contribution in [0.5, 0.6) is 0 Å². The van der Waals surface area contributed by atoms with Crippen molar-refractivity contribution in [2.75, 3.05) is 11.9 Å². The fourth-order valence-electron chi connectivity index (χ4n) is 2.85. The summed E-state index contributed by atoms with van der Waals surface area (Å²) in [7, 11) is 0. The Hall–Kier alpha value is -2.05. The van der Waals surface area contributed by atoms with Crippen molar-refractivity contribution in [1.82, 2.24) is 30.2 Å². The summed E-state index contributed by atoms with van der Waals surface area (Å²) < 4.78 is 1.65. The van der Waals surface area contributed by atoms with Crippen LogP contribution in [-0.4, -0.2) is 36.7 Å². The molecule has 2 rings (SSSR count). The van der Waals surface area contributed by atoms with E-state index in [4.69, 9.17) is 0 Å². The van der Waals surface area contributed by atoms with Gasteiger partial charge in [0.1, 0.15) is 0 Å². The van der Waals surface area contributed by atoms with E-state index in [2.05, 4.69) is 37.7 Å². The van der Waals surface area contributed by atoms with Crippen molar-refractivity contribution in [3.8, 4) is 5.95 Å². The number of hydrogen-bond acceptors (Lipinski definition) is 6. The summed E-state index contributed by atoms with van der Waals surface area (Å²) in [6.07, 6.45) is 11.9. The van der Waals surface area contributed by atoms with Gasteiger partial charge in [-0.05, 0) is 26.3 Å². The highest BCUT2D eigenvalue weighted by molar-refractivity contribution is 5.22. The van der Waals surface area contributed by atoms with Crippen LogP contribution in [-0.2, 0) is 0 Å². The van der Waals surface area contributed by atoms with Gasteiger partial charge in [-0.25, -0.2) is 4.68 Å². The lowest BCUT2D eigenvalue weighted by Crippen LogP contribution is -2.12. The number of nitrogens with zero attached hydrogens (tertiary/aromatic N) is 6. The Morgan fingerprint density at radius 2 is 1.44 bits per heavy atom. The molecule has 2 heterocycles. The Bertz CT molecular complexity index is 606. The molecule has 1 N–H and O–H groups in total. The van der Waals surface area contributed by atoms with Gasteiger partial charge >= 0.3 is 0 Å². The Labute approximate surface area is 150 Å². The van der Waals surface area contributed by atoms with Crippen LogP contribution in [0, 0.1) is 13.8 Å². The van der Waals surface area contributed by atoms with Crippen molar-refractivity contribution in [3.05, 3.63) is 17.5 Å². The Balaban J connectivity index is 1.60. The van der Waals surface area contributed by atoms with E-state index in [0.717, 1.165) is 24.4 Å². The minimum atomic E-state index is 0.402. The molecular weight excluding hydrogens is 314 g/mol. The highest BCUT2D eigenvalue weighted by Gasteiger charge is 2.08. The second kappa shape index (κ2) is 10.7. The monoisotopic (exact) mass is 345 g/mol. The van der Waals surface area contributed by atoms with Gasteiger partial charge in [0.25, 0.3) is 11.9 Å². The summed E-state index contributed by atoms with van der Waals surface area (Å²) in [6, 6.07) is 1.97. The van der Waals surface area contributed by atoms with E-state index in [-0.39, 0.29) is 0 Å². The van der Waals surface area contributed by atoms with E-state index >= 15 is 0 Å². The quantitative estimate of drug-likeness (QED) is 0.585. The highest BCUT2D eigenvalue weighted by atomic mass is 15.5. The molecule has 2 aromatic rings. The molecule has 0 saturated carbocycles. The summed E-state index contributed by atoms with van der Waals surface area (Å²) >= 11 is 0. The topological polar surface area (TPSA) is 81.4 Å². The first-order chi connectivity index (χ1) is 12.2. The summed E-state index contributed by atoms with van der Waals surface area (Å²) in [4.78, 5) is 0. The van der Waals surface area contributed by atoms with Gasteiger partial charge < -0.3 is 5.32 Å². The highest BCUT2D eigenvalue weighted by Crippen LogP contribution is 2.10. The average Bonchev–Trinajstić information content (AvgIpc) is 2.95. The van der Waals surface area contributed by atoms with E-state index in [1.54, 1.807) is 4.68 Å². The number of rotatable bonds is 12. The van der Waals surface area contributed by atoms with Crippen LogP contribution in [0.25, 0.3) is 5.95 Å². The van der Waals surface area contributed by atoms with Gasteiger partial charge in [-0.1, -0.05) is 58.3 Å². The Kier molecular flexibility index (Phi) is 8.28. The first-order valence-corrected chi connectivity index (χ1v) is 9.55. The summed E-state index contributed by atoms with van der Waals surface area (Å²) in [5, 5.41) is 23.9. The van der Waals surface area contributed by atoms with Gasteiger partial charge in [0.2, 0.25) is 0 Å². The molecule has 0 aliphatic carbocycles. The summed E-state index contributed by atoms with van der Waals surface area (Å²) in [5.41, 5.74) is 1.89. The number of unbranched alkanes of at least 4 members (excludes halogenated alkanes) is 8. The maximum Gasteiger partial charge on any atom is 0.289 e. The molecule has 138 valence electrons. The van der Waals surface area contributed by atoms with Crippen LogP contribution in [0.2, 0.25) is 0 Å². The number of hydrogen-bond donors (Lipinski definition) is 1. The molecule has 0 spiro atoms. The predicted octanol–water partition coefficient (Wildman–Crippen LogP) is 4.01. The molecule has 7 heteroatoms. The SMILES string of the molecule is CCCCCCCCCCCNc1nnc(-n2nc(C)cc2C)nn1. The zero-order valence-electron chi connectivity index (χ0n) is 15.8. The van der Waals surface area contributed by atoms with Crippen molar-refractivity contribution in [2.24, 2.45) is 0 Å². The van der Waals surface area contributed by atoms with Crippen molar-refractivity contribution in [3.63, 3.8) is 0 Å². The Morgan fingerprint density at radius 1 is 0.840 bits per heavy atom. The van der Waals surface area contributed by atoms with Crippen LogP contribution in [0.4, 0.5) is 5.95 Å². The van der Waals surface area contributed by atoms with E-state index in [9.17, 15) is 0 Å². The third kappa shape index (κ3) is 6.76. The summed E-state index contributed by atoms with van der Waals surface area (Å²) in [5.74, 6) is 0.879. The van der Waals surface area contributed by atoms with Crippen LogP contribution in [0.15, 0.2) is 6.07 Å². The third-order valence-corrected chi connectivity index (χ3v) is 4.23. The molecule has 0 saturated heterocycles. The van der Waals surface area contributed by atoms with Crippen LogP contribution in [0.3, 0.4) is 0 Å². The fourth-order valence-corrected chi connectivity index (χ4v) is 2.85. The number of aromatic nitrogens is 6. The molecule has 0 bridgehead atoms. The third-order valence-electron chi connectivity index (χ3n) is 4.23. The zero-order chi connectivity index (χ0) is 17.9. The number of aryl methyl sites for hydroxylation is 2. The Morgan fingerprint density at radius 3 is 2.00 bits per heavy atom. The lowest BCUT2D eigenvalue weighted by atomic mass is 10.1. The molecule has 0 unspecified atom stereocenters. The normalized spacial score (nSPS) is 11.0. The molecule has 0 amide bonds. The van der Waals surface area contributed by atoms with Crippen LogP contribution < -0.4 is 5.32 Å². The van der Waals surface area contributed by atoms with Crippen LogP contribution >= 0.6 is 0 Å². The lowest BCUT2D eigenvalue weighted by Gasteiger charge is -2.05. The van der Waals surface area contributed by atoms with Gasteiger partial charge in [-0.2, -0.15) is 5.10 Å². The standard InChI is InChI=1S/C18H31N7/c1-4-5-6-7-8-9-10-11-12-13-19-17-20-22-18(23-21-17)25-16(3)14-15(2)24-25/h14H,4-13H2,1-3H3,(H,19,20,21). The molecule has 0 aliphatic rings. The van der Waals surface area contributed by atoms with Crippen molar-refractivity contribution in [2.45, 2.75) is 78.6 Å². The van der Waals surface area contributed by atoms with E-state index in [1.165, 1.54) is 51.4 Å². The average molecular weight is 345 g/mol. The van der Waals surface area contributed by atoms with E-state index < -0.39 is 0 Å². The zero-order valence-corrected chi connectivity index (χ0v) is 15.8. The van der Waals surface area contributed by atoms with E-state index in [1.807, 2.05) is 19.9 Å². The van der Waals surface area contributed by atoms with Crippen molar-refractivity contribution in [1.29, 1.82) is 0 Å². The fraction of sp³-hybridized carbons (Fsp3) is 0.722. The second-order valence-corrected chi connectivity index (χ2v) is 6.62. The molecule has 0 aliphatic heterocycles. The largest absolute Gasteiger partial charge is 0.352 e. The molecular formula is C18H31N7. The number of anilines is 1. The summed E-state index contributed by atoms with van der Waals surface area (Å²) in [6.45, 7) is 7.01. The smallest absolute Gasteiger partial charge is 0.289 e. The minimum Gasteiger partial charge on any atom is -0.352 e. The van der Waals surface area contributed by atoms with Crippen molar-refractivity contribution < 1.29 is 0 Å². The molecule has 0 radical (unpaired) electrons. The minimum absolute atomic E-state index is 0.402. The lowest BCUT2D eigenvalue weighted by molar-refractivity contribution is 0.568. The molecule has 0 atom stereocenters. The van der Waals surface area contributed by atoms with Gasteiger partial charge in [-0.3, -0.25) is 0 Å². The van der Waals surface area contributed by atoms with Crippen LogP contribution in [0.1, 0.15) is 76.1 Å². The second-order valence-electron chi connectivity index (χ2n) is 6.62. The molecule has 7 nitrogen and oxygen atoms in total. The first-order valence-electron chi connectivity index (χ1n) is 9.55. The van der Waals surface area contributed by atoms with Gasteiger partial charge in [0, 0.05) is 12.2 Å². The molecule has 2 aromatic heterocycles. The van der Waals surface area contributed by atoms with Gasteiger partial charge in [-0.15, -0.1) is 20.4 Å². The van der Waals surface area contributed by atoms with Crippen molar-refractivity contribution >= 4 is 5.95 Å². The molecule has 0 fully saturated rings. The molecule has 0 aromatic carbocycles. The van der Waals surface area contributed by atoms with Gasteiger partial charge in [0.05, 0.1) is 5.69 Å². The maximum atomic E-state index is 4.33. The van der Waals surface area contributed by atoms with E-state index in [0.29, 0.717) is 11.9 Å². The number of nitrogens with one attached hydrogen (secondary N) is 1. The first kappa shape index (κ1) is 19.3. The van der Waals surface area contributed by atoms with Gasteiger partial charge in [0.15, 0.2) is 0 Å². The maximum absolute atomic E-state index is 4.33. The predicted molar refractivity (Wildman–Crippen MR) is 99.9 cm³/mol. The molecule has 25 heavy (non-hydrogen) atoms.